The lowest BCUT2D eigenvalue weighted by molar-refractivity contribution is -0.0487. The zero-order valence-electron chi connectivity index (χ0n) is 13.2. The monoisotopic (exact) mass is 319 g/mol. The maximum atomic E-state index is 12.5. The molecule has 0 heterocycles. The van der Waals surface area contributed by atoms with E-state index in [9.17, 15) is 8.42 Å². The third-order valence-electron chi connectivity index (χ3n) is 6.13. The summed E-state index contributed by atoms with van der Waals surface area (Å²) < 4.78 is 28.0. The second-order valence-corrected chi connectivity index (χ2v) is 9.82. The van der Waals surface area contributed by atoms with E-state index in [2.05, 4.69) is 4.72 Å². The van der Waals surface area contributed by atoms with Gasteiger partial charge in [-0.3, -0.25) is 0 Å². The minimum Gasteiger partial charge on any atom is -0.211 e. The Labute approximate surface area is 133 Å². The van der Waals surface area contributed by atoms with Crippen molar-refractivity contribution in [1.29, 1.82) is 0 Å². The van der Waals surface area contributed by atoms with Gasteiger partial charge in [-0.2, -0.15) is 0 Å². The van der Waals surface area contributed by atoms with Gasteiger partial charge < -0.3 is 0 Å². The first-order valence-corrected chi connectivity index (χ1v) is 9.99. The average molecular weight is 319 g/mol. The van der Waals surface area contributed by atoms with Crippen LogP contribution in [0.3, 0.4) is 0 Å². The Bertz CT molecular complexity index is 628. The third-order valence-corrected chi connectivity index (χ3v) is 7.55. The largest absolute Gasteiger partial charge is 0.240 e. The van der Waals surface area contributed by atoms with Crippen molar-refractivity contribution < 1.29 is 8.42 Å². The molecule has 0 amide bonds. The summed E-state index contributed by atoms with van der Waals surface area (Å²) >= 11 is 0. The maximum Gasteiger partial charge on any atom is 0.240 e. The van der Waals surface area contributed by atoms with Crippen molar-refractivity contribution >= 4 is 10.0 Å². The highest BCUT2D eigenvalue weighted by Gasteiger charge is 2.50. The van der Waals surface area contributed by atoms with Crippen molar-refractivity contribution in [3.8, 4) is 0 Å². The van der Waals surface area contributed by atoms with Crippen molar-refractivity contribution in [2.75, 3.05) is 6.54 Å². The number of rotatable bonds is 4. The quantitative estimate of drug-likeness (QED) is 0.923. The summed E-state index contributed by atoms with van der Waals surface area (Å²) in [6.07, 6.45) is 7.87. The van der Waals surface area contributed by atoms with Crippen molar-refractivity contribution in [1.82, 2.24) is 4.72 Å². The van der Waals surface area contributed by atoms with Crippen molar-refractivity contribution in [3.05, 3.63) is 29.8 Å². The summed E-state index contributed by atoms with van der Waals surface area (Å²) in [4.78, 5) is 0.392. The molecule has 4 bridgehead atoms. The molecular weight excluding hydrogens is 294 g/mol. The fourth-order valence-corrected chi connectivity index (χ4v) is 6.71. The molecular formula is C18H25NO2S. The molecule has 4 aliphatic rings. The van der Waals surface area contributed by atoms with E-state index in [1.807, 2.05) is 19.1 Å². The number of aryl methyl sites for hydroxylation is 1. The van der Waals surface area contributed by atoms with Crippen LogP contribution >= 0.6 is 0 Å². The normalized spacial score (nSPS) is 36.7. The fraction of sp³-hybridized carbons (Fsp3) is 0.667. The second-order valence-electron chi connectivity index (χ2n) is 8.06. The highest BCUT2D eigenvalue weighted by molar-refractivity contribution is 7.89. The molecule has 1 N–H and O–H groups in total. The zero-order chi connectivity index (χ0) is 15.4. The summed E-state index contributed by atoms with van der Waals surface area (Å²) in [6, 6.07) is 7.13. The van der Waals surface area contributed by atoms with Crippen LogP contribution in [0.5, 0.6) is 0 Å². The van der Waals surface area contributed by atoms with Gasteiger partial charge in [-0.1, -0.05) is 17.7 Å². The van der Waals surface area contributed by atoms with Crippen LogP contribution in [0.1, 0.15) is 44.1 Å². The lowest BCUT2D eigenvalue weighted by Gasteiger charge is -2.56. The molecule has 3 nitrogen and oxygen atoms in total. The maximum absolute atomic E-state index is 12.5. The molecule has 0 aliphatic heterocycles. The molecule has 0 aromatic heterocycles. The zero-order valence-corrected chi connectivity index (χ0v) is 14.0. The van der Waals surface area contributed by atoms with Gasteiger partial charge in [0.2, 0.25) is 10.0 Å². The van der Waals surface area contributed by atoms with Gasteiger partial charge in [-0.05, 0) is 80.8 Å². The standard InChI is InChI=1S/C18H25NO2S/c1-13-2-4-17(5-3-13)22(20,21)19-12-18-9-14-6-15(10-18)8-16(7-14)11-18/h2-5,14-16,19H,6-12H2,1H3. The molecule has 5 rings (SSSR count). The first-order chi connectivity index (χ1) is 10.4. The van der Waals surface area contributed by atoms with Crippen LogP contribution in [0.25, 0.3) is 0 Å². The van der Waals surface area contributed by atoms with Crippen LogP contribution in [0, 0.1) is 30.1 Å². The van der Waals surface area contributed by atoms with Gasteiger partial charge in [0.05, 0.1) is 4.90 Å². The second kappa shape index (κ2) is 5.07. The Morgan fingerprint density at radius 1 is 1.00 bits per heavy atom. The molecule has 4 saturated carbocycles. The molecule has 4 heteroatoms. The molecule has 1 aromatic rings. The van der Waals surface area contributed by atoms with Gasteiger partial charge in [0.15, 0.2) is 0 Å². The Morgan fingerprint density at radius 3 is 2.00 bits per heavy atom. The summed E-state index contributed by atoms with van der Waals surface area (Å²) in [5.74, 6) is 2.57. The first-order valence-electron chi connectivity index (χ1n) is 8.50. The SMILES string of the molecule is Cc1ccc(S(=O)(=O)NCC23CC4CC(CC(C4)C2)C3)cc1. The molecule has 4 aliphatic carbocycles. The van der Waals surface area contributed by atoms with Crippen LogP contribution < -0.4 is 4.72 Å². The van der Waals surface area contributed by atoms with E-state index in [1.165, 1.54) is 38.5 Å². The molecule has 22 heavy (non-hydrogen) atoms. The Kier molecular flexibility index (Phi) is 3.39. The minimum atomic E-state index is -3.37. The summed E-state index contributed by atoms with van der Waals surface area (Å²) in [5, 5.41) is 0. The van der Waals surface area contributed by atoms with Gasteiger partial charge >= 0.3 is 0 Å². The van der Waals surface area contributed by atoms with Gasteiger partial charge in [0, 0.05) is 6.54 Å². The topological polar surface area (TPSA) is 46.2 Å². The van der Waals surface area contributed by atoms with Crippen LogP contribution in [-0.2, 0) is 10.0 Å². The third kappa shape index (κ3) is 2.61. The smallest absolute Gasteiger partial charge is 0.211 e. The van der Waals surface area contributed by atoms with Crippen LogP contribution in [0.15, 0.2) is 29.2 Å². The lowest BCUT2D eigenvalue weighted by Crippen LogP contribution is -2.51. The van der Waals surface area contributed by atoms with E-state index in [0.717, 1.165) is 23.3 Å². The minimum absolute atomic E-state index is 0.243. The Balaban J connectivity index is 1.49. The van der Waals surface area contributed by atoms with Gasteiger partial charge in [0.25, 0.3) is 0 Å². The van der Waals surface area contributed by atoms with Crippen molar-refractivity contribution in [3.63, 3.8) is 0 Å². The highest BCUT2D eigenvalue weighted by atomic mass is 32.2. The van der Waals surface area contributed by atoms with E-state index >= 15 is 0 Å². The van der Waals surface area contributed by atoms with E-state index in [4.69, 9.17) is 0 Å². The van der Waals surface area contributed by atoms with Gasteiger partial charge in [-0.25, -0.2) is 13.1 Å². The number of sulfonamides is 1. The Hall–Kier alpha value is -0.870. The van der Waals surface area contributed by atoms with E-state index < -0.39 is 10.0 Å². The van der Waals surface area contributed by atoms with E-state index in [-0.39, 0.29) is 5.41 Å². The predicted molar refractivity (Wildman–Crippen MR) is 87.0 cm³/mol. The molecule has 120 valence electrons. The van der Waals surface area contributed by atoms with Crippen LogP contribution in [0.2, 0.25) is 0 Å². The molecule has 0 spiro atoms. The van der Waals surface area contributed by atoms with Gasteiger partial charge in [0.1, 0.15) is 0 Å². The summed E-state index contributed by atoms with van der Waals surface area (Å²) in [6.45, 7) is 2.60. The van der Waals surface area contributed by atoms with Crippen molar-refractivity contribution in [2.24, 2.45) is 23.2 Å². The first kappa shape index (κ1) is 14.7. The molecule has 0 atom stereocenters. The lowest BCUT2D eigenvalue weighted by atomic mass is 9.50. The van der Waals surface area contributed by atoms with Crippen LogP contribution in [0.4, 0.5) is 0 Å². The molecule has 1 aromatic carbocycles. The highest BCUT2D eigenvalue weighted by Crippen LogP contribution is 2.59. The molecule has 0 radical (unpaired) electrons. The average Bonchev–Trinajstić information content (AvgIpc) is 2.45. The molecule has 0 unspecified atom stereocenters. The molecule has 0 saturated heterocycles. The number of benzene rings is 1. The van der Waals surface area contributed by atoms with Crippen LogP contribution in [-0.4, -0.2) is 15.0 Å². The molecule has 4 fully saturated rings. The summed E-state index contributed by atoms with van der Waals surface area (Å²) in [7, 11) is -3.37. The van der Waals surface area contributed by atoms with E-state index in [1.54, 1.807) is 12.1 Å². The number of hydrogen-bond acceptors (Lipinski definition) is 2. The predicted octanol–water partition coefficient (Wildman–Crippen LogP) is 3.49. The van der Waals surface area contributed by atoms with E-state index in [0.29, 0.717) is 11.4 Å². The van der Waals surface area contributed by atoms with Gasteiger partial charge in [-0.15, -0.1) is 0 Å². The number of nitrogens with one attached hydrogen (secondary N) is 1. The fourth-order valence-electron chi connectivity index (χ4n) is 5.56. The van der Waals surface area contributed by atoms with Crippen molar-refractivity contribution in [2.45, 2.75) is 50.3 Å². The number of hydrogen-bond donors (Lipinski definition) is 1. The Morgan fingerprint density at radius 2 is 1.50 bits per heavy atom. The summed E-state index contributed by atoms with van der Waals surface area (Å²) in [5.41, 5.74) is 1.33.